The third kappa shape index (κ3) is 9.58. The first-order chi connectivity index (χ1) is 12.7. The summed E-state index contributed by atoms with van der Waals surface area (Å²) in [4.78, 5) is 17.0. The van der Waals surface area contributed by atoms with Crippen LogP contribution in [-0.4, -0.2) is 15.0 Å². The number of allylic oxidation sites excluding steroid dienone is 2. The van der Waals surface area contributed by atoms with E-state index >= 15 is 0 Å². The van der Waals surface area contributed by atoms with E-state index in [0.29, 0.717) is 0 Å². The van der Waals surface area contributed by atoms with Crippen molar-refractivity contribution in [2.24, 2.45) is 0 Å². The largest absolute Gasteiger partial charge is 0.348 e. The highest BCUT2D eigenvalue weighted by Crippen LogP contribution is 2.17. The van der Waals surface area contributed by atoms with Crippen molar-refractivity contribution < 1.29 is 4.84 Å². The summed E-state index contributed by atoms with van der Waals surface area (Å²) in [5.74, 6) is 0. The van der Waals surface area contributed by atoms with Crippen LogP contribution in [0.1, 0.15) is 89.9 Å². The number of aromatic nitrogens is 3. The van der Waals surface area contributed by atoms with E-state index in [4.69, 9.17) is 28.0 Å². The molecule has 1 aromatic heterocycles. The maximum absolute atomic E-state index is 5.78. The van der Waals surface area contributed by atoms with Crippen LogP contribution in [0.15, 0.2) is 11.8 Å². The van der Waals surface area contributed by atoms with E-state index in [1.807, 2.05) is 0 Å². The van der Waals surface area contributed by atoms with E-state index in [1.165, 1.54) is 70.6 Å². The molecule has 1 aromatic rings. The first-order valence-corrected chi connectivity index (χ1v) is 10.7. The molecule has 1 N–H and O–H groups in total. The average Bonchev–Trinajstić information content (AvgIpc) is 2.60. The Balaban J connectivity index is 1.84. The zero-order chi connectivity index (χ0) is 18.5. The Morgan fingerprint density at radius 1 is 0.692 bits per heavy atom. The Kier molecular flexibility index (Phi) is 10.7. The summed E-state index contributed by atoms with van der Waals surface area (Å²) in [5.41, 5.74) is 4.06. The number of hydrogen-bond donors (Lipinski definition) is 1. The number of nitrogens with one attached hydrogen (secondary N) is 1. The lowest BCUT2D eigenvalue weighted by Gasteiger charge is -2.11. The molecule has 26 heavy (non-hydrogen) atoms. The summed E-state index contributed by atoms with van der Waals surface area (Å²) < 4.78 is 0. The molecule has 1 aliphatic rings. The Bertz CT molecular complexity index is 534. The molecule has 0 radical (unpaired) electrons. The molecule has 1 heterocycles. The predicted molar refractivity (Wildman–Crippen MR) is 106 cm³/mol. The van der Waals surface area contributed by atoms with Crippen molar-refractivity contribution in [1.82, 2.24) is 20.4 Å². The predicted octanol–water partition coefficient (Wildman–Crippen LogP) is 6.42. The molecule has 0 unspecified atom stereocenters. The Hall–Kier alpha value is -1.07. The van der Waals surface area contributed by atoms with Crippen LogP contribution in [0.2, 0.25) is 10.6 Å². The number of hydrogen-bond acceptors (Lipinski definition) is 5. The maximum Gasteiger partial charge on any atom is 0.348 e. The van der Waals surface area contributed by atoms with E-state index in [2.05, 4.69) is 26.5 Å². The fourth-order valence-corrected chi connectivity index (χ4v) is 3.51. The van der Waals surface area contributed by atoms with Crippen molar-refractivity contribution in [3.8, 4) is 6.01 Å². The highest BCUT2D eigenvalue weighted by Gasteiger charge is 2.06. The molecule has 0 saturated heterocycles. The van der Waals surface area contributed by atoms with Crippen molar-refractivity contribution in [2.75, 3.05) is 0 Å². The highest BCUT2D eigenvalue weighted by atomic mass is 35.5. The Labute approximate surface area is 166 Å². The minimum absolute atomic E-state index is 0.0220. The summed E-state index contributed by atoms with van der Waals surface area (Å²) in [6.07, 6.45) is 20.1. The number of halogens is 2. The summed E-state index contributed by atoms with van der Waals surface area (Å²) >= 11 is 11.6. The molecule has 0 spiro atoms. The average molecular weight is 401 g/mol. The van der Waals surface area contributed by atoms with Gasteiger partial charge in [-0.15, -0.1) is 0 Å². The molecule has 0 saturated carbocycles. The second kappa shape index (κ2) is 13.2. The summed E-state index contributed by atoms with van der Waals surface area (Å²) in [5, 5.41) is 0.0440. The van der Waals surface area contributed by atoms with Gasteiger partial charge in [-0.2, -0.15) is 15.0 Å². The van der Waals surface area contributed by atoms with E-state index < -0.39 is 0 Å². The van der Waals surface area contributed by atoms with Crippen molar-refractivity contribution >= 4 is 23.2 Å². The van der Waals surface area contributed by atoms with E-state index in [9.17, 15) is 0 Å². The normalized spacial score (nSPS) is 18.8. The number of nitrogens with zero attached hydrogens (tertiary/aromatic N) is 3. The summed E-state index contributed by atoms with van der Waals surface area (Å²) in [7, 11) is 0. The quantitative estimate of drug-likeness (QED) is 0.592. The minimum Gasteiger partial charge on any atom is -0.340 e. The minimum atomic E-state index is 0.0220. The molecule has 0 aliphatic heterocycles. The fraction of sp³-hybridized carbons (Fsp3) is 0.737. The monoisotopic (exact) mass is 400 g/mol. The molecule has 0 amide bonds. The molecule has 0 atom stereocenters. The SMILES string of the molecule is Clc1nc(Cl)nc(ONC2=CCCCCCCCCCCCCCC2)n1. The second-order valence-electron chi connectivity index (χ2n) is 6.87. The van der Waals surface area contributed by atoms with Crippen LogP contribution in [0.5, 0.6) is 6.01 Å². The maximum atomic E-state index is 5.78. The van der Waals surface area contributed by atoms with Crippen molar-refractivity contribution in [3.05, 3.63) is 22.3 Å². The molecule has 1 aliphatic carbocycles. The van der Waals surface area contributed by atoms with Gasteiger partial charge in [0.2, 0.25) is 10.6 Å². The standard InChI is InChI=1S/C19H30Cl2N4O/c20-17-22-18(21)24-19(23-17)26-25-16-14-12-10-8-6-4-2-1-3-5-7-9-11-13-15-16/h14,25H,1-13,15H2. The number of hydroxylamine groups is 1. The smallest absolute Gasteiger partial charge is 0.340 e. The van der Waals surface area contributed by atoms with Crippen LogP contribution in [0.4, 0.5) is 0 Å². The van der Waals surface area contributed by atoms with Crippen molar-refractivity contribution in [1.29, 1.82) is 0 Å². The molecule has 5 nitrogen and oxygen atoms in total. The van der Waals surface area contributed by atoms with Gasteiger partial charge in [0, 0.05) is 5.70 Å². The van der Waals surface area contributed by atoms with Crippen LogP contribution in [0.25, 0.3) is 0 Å². The van der Waals surface area contributed by atoms with Crippen LogP contribution in [0, 0.1) is 0 Å². The van der Waals surface area contributed by atoms with Gasteiger partial charge in [0.05, 0.1) is 0 Å². The molecular weight excluding hydrogens is 371 g/mol. The van der Waals surface area contributed by atoms with Crippen LogP contribution in [0.3, 0.4) is 0 Å². The van der Waals surface area contributed by atoms with Gasteiger partial charge in [-0.25, -0.2) is 5.48 Å². The third-order valence-corrected chi connectivity index (χ3v) is 4.96. The third-order valence-electron chi connectivity index (χ3n) is 4.62. The lowest BCUT2D eigenvalue weighted by Crippen LogP contribution is -2.19. The molecule has 7 heteroatoms. The first kappa shape index (κ1) is 21.2. The molecule has 0 bridgehead atoms. The molecule has 0 fully saturated rings. The second-order valence-corrected chi connectivity index (χ2v) is 7.55. The molecule has 146 valence electrons. The van der Waals surface area contributed by atoms with Crippen molar-refractivity contribution in [3.63, 3.8) is 0 Å². The van der Waals surface area contributed by atoms with E-state index in [1.54, 1.807) is 0 Å². The molecular formula is C19H30Cl2N4O. The van der Waals surface area contributed by atoms with Crippen LogP contribution >= 0.6 is 23.2 Å². The fourth-order valence-electron chi connectivity index (χ4n) is 3.16. The Morgan fingerprint density at radius 3 is 1.77 bits per heavy atom. The molecule has 2 rings (SSSR count). The number of rotatable bonds is 3. The van der Waals surface area contributed by atoms with Crippen molar-refractivity contribution in [2.45, 2.75) is 89.9 Å². The van der Waals surface area contributed by atoms with Crippen LogP contribution in [-0.2, 0) is 0 Å². The first-order valence-electron chi connectivity index (χ1n) is 9.93. The summed E-state index contributed by atoms with van der Waals surface area (Å²) in [6.45, 7) is 0. The van der Waals surface area contributed by atoms with Gasteiger partial charge in [0.1, 0.15) is 0 Å². The van der Waals surface area contributed by atoms with E-state index in [0.717, 1.165) is 25.0 Å². The van der Waals surface area contributed by atoms with Gasteiger partial charge >= 0.3 is 6.01 Å². The van der Waals surface area contributed by atoms with E-state index in [-0.39, 0.29) is 16.6 Å². The van der Waals surface area contributed by atoms with Gasteiger partial charge in [-0.05, 0) is 48.9 Å². The lowest BCUT2D eigenvalue weighted by molar-refractivity contribution is 0.202. The van der Waals surface area contributed by atoms with Gasteiger partial charge in [-0.3, -0.25) is 0 Å². The zero-order valence-corrected chi connectivity index (χ0v) is 17.0. The summed E-state index contributed by atoms with van der Waals surface area (Å²) in [6, 6.07) is 0.0861. The van der Waals surface area contributed by atoms with Gasteiger partial charge in [0.15, 0.2) is 0 Å². The topological polar surface area (TPSA) is 59.9 Å². The van der Waals surface area contributed by atoms with Gasteiger partial charge < -0.3 is 4.84 Å². The molecule has 0 aromatic carbocycles. The highest BCUT2D eigenvalue weighted by molar-refractivity contribution is 6.31. The Morgan fingerprint density at radius 2 is 1.19 bits per heavy atom. The lowest BCUT2D eigenvalue weighted by atomic mass is 10.0. The zero-order valence-electron chi connectivity index (χ0n) is 15.5. The van der Waals surface area contributed by atoms with Gasteiger partial charge in [0.25, 0.3) is 0 Å². The van der Waals surface area contributed by atoms with Gasteiger partial charge in [-0.1, -0.05) is 70.3 Å². The van der Waals surface area contributed by atoms with Crippen LogP contribution < -0.4 is 10.3 Å².